The van der Waals surface area contributed by atoms with Crippen LogP contribution < -0.4 is 11.1 Å². The smallest absolute Gasteiger partial charge is 0.225 e. The van der Waals surface area contributed by atoms with E-state index >= 15 is 0 Å². The number of hydrogen-bond donors (Lipinski definition) is 2. The number of aromatic nitrogens is 1. The standard InChI is InChI=1S/C26H30N6OS2/c1-14(2)22-18(12-28)23(30)32-24(19(22)13-29)34-9-8-21(33)31-25-17(11-27)16-7-6-15(26(3,4)5)10-20(16)35-25/h14-15H,6-10H2,1-5H3,(H2,30,32)(H,31,33). The van der Waals surface area contributed by atoms with E-state index in [1.165, 1.54) is 28.0 Å². The molecule has 1 amide bonds. The fourth-order valence-electron chi connectivity index (χ4n) is 4.47. The zero-order chi connectivity index (χ0) is 25.9. The fraction of sp³-hybridized carbons (Fsp3) is 0.500. The monoisotopic (exact) mass is 506 g/mol. The van der Waals surface area contributed by atoms with Crippen LogP contribution in [0.15, 0.2) is 5.03 Å². The molecule has 2 aromatic heterocycles. The van der Waals surface area contributed by atoms with Crippen molar-refractivity contribution in [3.05, 3.63) is 32.7 Å². The first kappa shape index (κ1) is 26.5. The van der Waals surface area contributed by atoms with E-state index in [1.54, 1.807) is 0 Å². The minimum atomic E-state index is -0.191. The van der Waals surface area contributed by atoms with E-state index in [0.717, 1.165) is 24.8 Å². The van der Waals surface area contributed by atoms with Gasteiger partial charge in [-0.25, -0.2) is 4.98 Å². The summed E-state index contributed by atoms with van der Waals surface area (Å²) < 4.78 is 0. The maximum Gasteiger partial charge on any atom is 0.225 e. The van der Waals surface area contributed by atoms with Crippen molar-refractivity contribution >= 4 is 39.8 Å². The highest BCUT2D eigenvalue weighted by Gasteiger charge is 2.32. The number of carbonyl (C=O) groups excluding carboxylic acids is 1. The van der Waals surface area contributed by atoms with Gasteiger partial charge in [0.2, 0.25) is 5.91 Å². The van der Waals surface area contributed by atoms with Crippen LogP contribution in [0.3, 0.4) is 0 Å². The molecule has 2 heterocycles. The molecule has 0 spiro atoms. The Labute approximate surface area is 215 Å². The lowest BCUT2D eigenvalue weighted by atomic mass is 9.72. The molecule has 2 aromatic rings. The van der Waals surface area contributed by atoms with Crippen LogP contribution in [0, 0.1) is 45.3 Å². The molecule has 0 saturated heterocycles. The van der Waals surface area contributed by atoms with Gasteiger partial charge < -0.3 is 11.1 Å². The predicted octanol–water partition coefficient (Wildman–Crippen LogP) is 5.74. The van der Waals surface area contributed by atoms with Crippen LogP contribution in [0.2, 0.25) is 0 Å². The van der Waals surface area contributed by atoms with E-state index in [0.29, 0.717) is 38.4 Å². The lowest BCUT2D eigenvalue weighted by Crippen LogP contribution is -2.26. The summed E-state index contributed by atoms with van der Waals surface area (Å²) in [5, 5.41) is 32.9. The van der Waals surface area contributed by atoms with Gasteiger partial charge in [-0.3, -0.25) is 4.79 Å². The number of fused-ring (bicyclic) bond motifs is 1. The molecule has 7 nitrogen and oxygen atoms in total. The Kier molecular flexibility index (Phi) is 8.11. The molecule has 9 heteroatoms. The van der Waals surface area contributed by atoms with Crippen LogP contribution in [0.1, 0.15) is 86.1 Å². The van der Waals surface area contributed by atoms with E-state index in [9.17, 15) is 20.6 Å². The van der Waals surface area contributed by atoms with Crippen molar-refractivity contribution in [2.24, 2.45) is 11.3 Å². The Morgan fingerprint density at radius 2 is 1.86 bits per heavy atom. The first-order valence-corrected chi connectivity index (χ1v) is 13.4. The molecule has 1 atom stereocenters. The Balaban J connectivity index is 1.71. The minimum absolute atomic E-state index is 0.0700. The van der Waals surface area contributed by atoms with Crippen LogP contribution in [0.5, 0.6) is 0 Å². The number of carbonyl (C=O) groups is 1. The van der Waals surface area contributed by atoms with E-state index < -0.39 is 0 Å². The molecule has 35 heavy (non-hydrogen) atoms. The van der Waals surface area contributed by atoms with Gasteiger partial charge in [-0.1, -0.05) is 34.6 Å². The van der Waals surface area contributed by atoms with Crippen molar-refractivity contribution < 1.29 is 4.79 Å². The van der Waals surface area contributed by atoms with Gasteiger partial charge in [0.1, 0.15) is 34.1 Å². The number of nitrogen functional groups attached to an aromatic ring is 1. The summed E-state index contributed by atoms with van der Waals surface area (Å²) in [5.41, 5.74) is 9.02. The fourth-order valence-corrected chi connectivity index (χ4v) is 6.71. The quantitative estimate of drug-likeness (QED) is 0.476. The zero-order valence-electron chi connectivity index (χ0n) is 20.8. The Hall–Kier alpha value is -3.06. The van der Waals surface area contributed by atoms with Crippen molar-refractivity contribution in [1.82, 2.24) is 4.98 Å². The summed E-state index contributed by atoms with van der Waals surface area (Å²) in [5.74, 6) is 0.773. The number of hydrogen-bond acceptors (Lipinski definition) is 8. The van der Waals surface area contributed by atoms with Crippen molar-refractivity contribution in [2.75, 3.05) is 16.8 Å². The first-order chi connectivity index (χ1) is 16.5. The lowest BCUT2D eigenvalue weighted by Gasteiger charge is -2.33. The second-order valence-electron chi connectivity index (χ2n) is 10.1. The lowest BCUT2D eigenvalue weighted by molar-refractivity contribution is -0.115. The largest absolute Gasteiger partial charge is 0.383 e. The second-order valence-corrected chi connectivity index (χ2v) is 12.3. The van der Waals surface area contributed by atoms with Gasteiger partial charge >= 0.3 is 0 Å². The Morgan fingerprint density at radius 3 is 2.43 bits per heavy atom. The average molecular weight is 507 g/mol. The number of thioether (sulfide) groups is 1. The number of anilines is 2. The molecule has 0 bridgehead atoms. The van der Waals surface area contributed by atoms with Crippen molar-refractivity contribution in [2.45, 2.75) is 71.2 Å². The molecular weight excluding hydrogens is 476 g/mol. The Morgan fingerprint density at radius 1 is 1.20 bits per heavy atom. The zero-order valence-corrected chi connectivity index (χ0v) is 22.4. The number of nitriles is 3. The highest BCUT2D eigenvalue weighted by Crippen LogP contribution is 2.44. The van der Waals surface area contributed by atoms with Gasteiger partial charge in [0.15, 0.2) is 0 Å². The number of nitrogens with zero attached hydrogens (tertiary/aromatic N) is 4. The summed E-state index contributed by atoms with van der Waals surface area (Å²) >= 11 is 2.79. The van der Waals surface area contributed by atoms with Gasteiger partial charge in [-0.15, -0.1) is 23.1 Å². The SMILES string of the molecule is CC(C)c1c(C#N)c(N)nc(SCCC(=O)Nc2sc3c(c2C#N)CCC(C(C)(C)C)C3)c1C#N. The van der Waals surface area contributed by atoms with Crippen LogP contribution in [0.25, 0.3) is 0 Å². The van der Waals surface area contributed by atoms with Crippen LogP contribution >= 0.6 is 23.1 Å². The highest BCUT2D eigenvalue weighted by molar-refractivity contribution is 7.99. The molecule has 0 radical (unpaired) electrons. The molecule has 0 fully saturated rings. The molecule has 182 valence electrons. The highest BCUT2D eigenvalue weighted by atomic mass is 32.2. The molecule has 3 N–H and O–H groups in total. The average Bonchev–Trinajstić information content (AvgIpc) is 3.13. The van der Waals surface area contributed by atoms with E-state index in [1.807, 2.05) is 13.8 Å². The third-order valence-electron chi connectivity index (χ3n) is 6.45. The summed E-state index contributed by atoms with van der Waals surface area (Å²) in [6, 6.07) is 6.51. The maximum absolute atomic E-state index is 12.7. The summed E-state index contributed by atoms with van der Waals surface area (Å²) in [6.45, 7) is 10.5. The van der Waals surface area contributed by atoms with Gasteiger partial charge in [0.05, 0.1) is 16.7 Å². The molecule has 1 aliphatic carbocycles. The normalized spacial score (nSPS) is 15.1. The van der Waals surface area contributed by atoms with Crippen molar-refractivity contribution in [1.29, 1.82) is 15.8 Å². The van der Waals surface area contributed by atoms with Crippen LogP contribution in [-0.2, 0) is 17.6 Å². The second kappa shape index (κ2) is 10.7. The maximum atomic E-state index is 12.7. The van der Waals surface area contributed by atoms with Gasteiger partial charge in [-0.05, 0) is 47.6 Å². The van der Waals surface area contributed by atoms with Crippen molar-refractivity contribution in [3.63, 3.8) is 0 Å². The number of rotatable bonds is 6. The number of nitrogens with one attached hydrogen (secondary N) is 1. The number of thiophene rings is 1. The summed E-state index contributed by atoms with van der Waals surface area (Å²) in [6.07, 6.45) is 3.03. The number of amides is 1. The molecule has 1 unspecified atom stereocenters. The number of pyridine rings is 1. The third kappa shape index (κ3) is 5.61. The predicted molar refractivity (Wildman–Crippen MR) is 140 cm³/mol. The van der Waals surface area contributed by atoms with Crippen molar-refractivity contribution in [3.8, 4) is 18.2 Å². The van der Waals surface area contributed by atoms with Crippen LogP contribution in [0.4, 0.5) is 10.8 Å². The van der Waals surface area contributed by atoms with E-state index in [-0.39, 0.29) is 35.0 Å². The summed E-state index contributed by atoms with van der Waals surface area (Å²) in [4.78, 5) is 18.2. The Bertz CT molecular complexity index is 1270. The van der Waals surface area contributed by atoms with E-state index in [4.69, 9.17) is 5.73 Å². The number of nitrogens with two attached hydrogens (primary N) is 1. The van der Waals surface area contributed by atoms with Gasteiger partial charge in [-0.2, -0.15) is 15.8 Å². The molecule has 0 aromatic carbocycles. The molecule has 0 saturated carbocycles. The summed E-state index contributed by atoms with van der Waals surface area (Å²) in [7, 11) is 0. The third-order valence-corrected chi connectivity index (χ3v) is 8.60. The van der Waals surface area contributed by atoms with Gasteiger partial charge in [0, 0.05) is 17.1 Å². The molecule has 3 rings (SSSR count). The molecule has 1 aliphatic rings. The van der Waals surface area contributed by atoms with Crippen LogP contribution in [-0.4, -0.2) is 16.6 Å². The van der Waals surface area contributed by atoms with Gasteiger partial charge in [0.25, 0.3) is 0 Å². The topological polar surface area (TPSA) is 139 Å². The molecule has 0 aliphatic heterocycles. The molecular formula is C26H30N6OS2. The minimum Gasteiger partial charge on any atom is -0.383 e. The van der Waals surface area contributed by atoms with E-state index in [2.05, 4.69) is 49.3 Å². The first-order valence-electron chi connectivity index (χ1n) is 11.6.